The molecule has 0 spiro atoms. The molecule has 0 aliphatic heterocycles. The first-order valence-corrected chi connectivity index (χ1v) is 5.78. The van der Waals surface area contributed by atoms with Crippen LogP contribution in [-0.2, 0) is 11.2 Å². The Labute approximate surface area is 106 Å². The minimum Gasteiger partial charge on any atom is -0.309 e. The Bertz CT molecular complexity index is 574. The van der Waals surface area contributed by atoms with Gasteiger partial charge in [-0.3, -0.25) is 14.9 Å². The van der Waals surface area contributed by atoms with E-state index in [0.717, 1.165) is 22.4 Å². The minimum absolute atomic E-state index is 0.0861. The average molecular weight is 244 g/mol. The molecule has 94 valence electrons. The molecule has 0 aliphatic carbocycles. The molecule has 0 atom stereocenters. The maximum atomic E-state index is 11.9. The summed E-state index contributed by atoms with van der Waals surface area (Å²) in [5.41, 5.74) is 3.87. The van der Waals surface area contributed by atoms with Crippen LogP contribution in [0.4, 0.5) is 5.82 Å². The standard InChI is InChI=1S/C13H16N4O/c1-8-4-11(7-14-6-8)5-12(18)15-13-9(2)10(3)16-17-13/h4,6-7H,5H2,1-3H3,(H2,15,16,17,18). The van der Waals surface area contributed by atoms with Gasteiger partial charge in [-0.1, -0.05) is 6.07 Å². The molecular weight excluding hydrogens is 228 g/mol. The van der Waals surface area contributed by atoms with Gasteiger partial charge in [-0.25, -0.2) is 0 Å². The van der Waals surface area contributed by atoms with Crippen molar-refractivity contribution in [2.75, 3.05) is 5.32 Å². The lowest BCUT2D eigenvalue weighted by atomic mass is 10.1. The first-order valence-electron chi connectivity index (χ1n) is 5.78. The fraction of sp³-hybridized carbons (Fsp3) is 0.308. The number of aromatic amines is 1. The van der Waals surface area contributed by atoms with E-state index in [2.05, 4.69) is 20.5 Å². The molecule has 0 saturated heterocycles. The topological polar surface area (TPSA) is 70.7 Å². The summed E-state index contributed by atoms with van der Waals surface area (Å²) in [6.45, 7) is 5.79. The summed E-state index contributed by atoms with van der Waals surface area (Å²) in [7, 11) is 0. The van der Waals surface area contributed by atoms with E-state index >= 15 is 0 Å². The number of hydrogen-bond acceptors (Lipinski definition) is 3. The van der Waals surface area contributed by atoms with Gasteiger partial charge in [-0.2, -0.15) is 5.10 Å². The number of aromatic nitrogens is 3. The third-order valence-corrected chi connectivity index (χ3v) is 2.81. The van der Waals surface area contributed by atoms with Crippen LogP contribution in [0, 0.1) is 20.8 Å². The monoisotopic (exact) mass is 244 g/mol. The van der Waals surface area contributed by atoms with Crippen molar-refractivity contribution in [1.29, 1.82) is 0 Å². The third kappa shape index (κ3) is 2.74. The fourth-order valence-electron chi connectivity index (χ4n) is 1.68. The number of rotatable bonds is 3. The van der Waals surface area contributed by atoms with Crippen molar-refractivity contribution >= 4 is 11.7 Å². The molecule has 5 nitrogen and oxygen atoms in total. The average Bonchev–Trinajstić information content (AvgIpc) is 2.61. The van der Waals surface area contributed by atoms with Crippen molar-refractivity contribution in [2.24, 2.45) is 0 Å². The van der Waals surface area contributed by atoms with E-state index in [9.17, 15) is 4.79 Å². The van der Waals surface area contributed by atoms with E-state index in [-0.39, 0.29) is 5.91 Å². The van der Waals surface area contributed by atoms with Gasteiger partial charge in [0.1, 0.15) is 0 Å². The van der Waals surface area contributed by atoms with Crippen LogP contribution < -0.4 is 5.32 Å². The Morgan fingerprint density at radius 3 is 2.72 bits per heavy atom. The molecule has 5 heteroatoms. The van der Waals surface area contributed by atoms with E-state index < -0.39 is 0 Å². The molecule has 18 heavy (non-hydrogen) atoms. The second-order valence-corrected chi connectivity index (χ2v) is 4.42. The van der Waals surface area contributed by atoms with E-state index in [1.807, 2.05) is 26.8 Å². The number of aryl methyl sites for hydroxylation is 2. The highest BCUT2D eigenvalue weighted by molar-refractivity contribution is 5.92. The maximum absolute atomic E-state index is 11.9. The number of carbonyl (C=O) groups is 1. The van der Waals surface area contributed by atoms with Gasteiger partial charge in [-0.05, 0) is 31.9 Å². The second-order valence-electron chi connectivity index (χ2n) is 4.42. The zero-order valence-corrected chi connectivity index (χ0v) is 10.7. The van der Waals surface area contributed by atoms with Gasteiger partial charge in [0, 0.05) is 23.7 Å². The van der Waals surface area contributed by atoms with Gasteiger partial charge in [0.2, 0.25) is 5.91 Å². The highest BCUT2D eigenvalue weighted by Gasteiger charge is 2.10. The van der Waals surface area contributed by atoms with E-state index in [1.165, 1.54) is 0 Å². The van der Waals surface area contributed by atoms with Crippen molar-refractivity contribution in [3.05, 3.63) is 40.8 Å². The SMILES string of the molecule is Cc1cncc(CC(=O)Nc2n[nH]c(C)c2C)c1. The van der Waals surface area contributed by atoms with Crippen molar-refractivity contribution < 1.29 is 4.79 Å². The number of pyridine rings is 1. The summed E-state index contributed by atoms with van der Waals surface area (Å²) in [6, 6.07) is 1.95. The number of hydrogen-bond donors (Lipinski definition) is 2. The summed E-state index contributed by atoms with van der Waals surface area (Å²) in [5, 5.41) is 9.67. The minimum atomic E-state index is -0.0861. The van der Waals surface area contributed by atoms with Crippen molar-refractivity contribution in [3.63, 3.8) is 0 Å². The molecule has 0 aromatic carbocycles. The van der Waals surface area contributed by atoms with Crippen LogP contribution in [-0.4, -0.2) is 21.1 Å². The molecule has 0 unspecified atom stereocenters. The van der Waals surface area contributed by atoms with E-state index in [4.69, 9.17) is 0 Å². The lowest BCUT2D eigenvalue weighted by Gasteiger charge is -2.03. The van der Waals surface area contributed by atoms with Crippen LogP contribution in [0.1, 0.15) is 22.4 Å². The molecule has 0 fully saturated rings. The number of anilines is 1. The first kappa shape index (κ1) is 12.3. The lowest BCUT2D eigenvalue weighted by molar-refractivity contribution is -0.115. The van der Waals surface area contributed by atoms with Crippen LogP contribution in [0.3, 0.4) is 0 Å². The third-order valence-electron chi connectivity index (χ3n) is 2.81. The quantitative estimate of drug-likeness (QED) is 0.866. The molecule has 2 aromatic heterocycles. The number of nitrogens with one attached hydrogen (secondary N) is 2. The Balaban J connectivity index is 2.03. The predicted molar refractivity (Wildman–Crippen MR) is 69.4 cm³/mol. The molecule has 0 saturated carbocycles. The van der Waals surface area contributed by atoms with Gasteiger partial charge in [0.25, 0.3) is 0 Å². The largest absolute Gasteiger partial charge is 0.309 e. The van der Waals surface area contributed by atoms with Crippen LogP contribution in [0.25, 0.3) is 0 Å². The normalized spacial score (nSPS) is 10.4. The zero-order valence-electron chi connectivity index (χ0n) is 10.7. The lowest BCUT2D eigenvalue weighted by Crippen LogP contribution is -2.15. The summed E-state index contributed by atoms with van der Waals surface area (Å²) in [4.78, 5) is 15.9. The molecule has 2 heterocycles. The van der Waals surface area contributed by atoms with Gasteiger partial charge >= 0.3 is 0 Å². The van der Waals surface area contributed by atoms with Crippen molar-refractivity contribution in [2.45, 2.75) is 27.2 Å². The fourth-order valence-corrected chi connectivity index (χ4v) is 1.68. The Morgan fingerprint density at radius 2 is 2.11 bits per heavy atom. The van der Waals surface area contributed by atoms with Crippen LogP contribution in [0.15, 0.2) is 18.5 Å². The molecular formula is C13H16N4O. The Morgan fingerprint density at radius 1 is 1.33 bits per heavy atom. The van der Waals surface area contributed by atoms with Gasteiger partial charge in [0.05, 0.1) is 6.42 Å². The molecule has 0 aliphatic rings. The summed E-state index contributed by atoms with van der Waals surface area (Å²) in [5.74, 6) is 0.509. The Hall–Kier alpha value is -2.17. The summed E-state index contributed by atoms with van der Waals surface area (Å²) >= 11 is 0. The van der Waals surface area contributed by atoms with Crippen LogP contribution in [0.2, 0.25) is 0 Å². The van der Waals surface area contributed by atoms with Gasteiger partial charge in [0.15, 0.2) is 5.82 Å². The maximum Gasteiger partial charge on any atom is 0.230 e. The summed E-state index contributed by atoms with van der Waals surface area (Å²) < 4.78 is 0. The molecule has 2 N–H and O–H groups in total. The van der Waals surface area contributed by atoms with E-state index in [1.54, 1.807) is 12.4 Å². The summed E-state index contributed by atoms with van der Waals surface area (Å²) in [6.07, 6.45) is 3.78. The number of amides is 1. The molecule has 0 bridgehead atoms. The van der Waals surface area contributed by atoms with Gasteiger partial charge in [-0.15, -0.1) is 0 Å². The second kappa shape index (κ2) is 5.00. The van der Waals surface area contributed by atoms with Crippen molar-refractivity contribution in [3.8, 4) is 0 Å². The number of H-pyrrole nitrogens is 1. The van der Waals surface area contributed by atoms with E-state index in [0.29, 0.717) is 12.2 Å². The molecule has 0 radical (unpaired) electrons. The smallest absolute Gasteiger partial charge is 0.230 e. The first-order chi connectivity index (χ1) is 8.56. The highest BCUT2D eigenvalue weighted by Crippen LogP contribution is 2.14. The molecule has 2 rings (SSSR count). The van der Waals surface area contributed by atoms with Crippen LogP contribution in [0.5, 0.6) is 0 Å². The zero-order chi connectivity index (χ0) is 13.1. The Kier molecular flexibility index (Phi) is 3.41. The number of carbonyl (C=O) groups excluding carboxylic acids is 1. The number of nitrogens with zero attached hydrogens (tertiary/aromatic N) is 2. The van der Waals surface area contributed by atoms with Crippen molar-refractivity contribution in [1.82, 2.24) is 15.2 Å². The van der Waals surface area contributed by atoms with Gasteiger partial charge < -0.3 is 5.32 Å². The molecule has 2 aromatic rings. The van der Waals surface area contributed by atoms with Crippen LogP contribution >= 0.6 is 0 Å². The predicted octanol–water partition coefficient (Wildman–Crippen LogP) is 1.91. The highest BCUT2D eigenvalue weighted by atomic mass is 16.1. The molecule has 1 amide bonds.